The Balaban J connectivity index is 1.33. The molecule has 0 saturated carbocycles. The van der Waals surface area contributed by atoms with E-state index < -0.39 is 0 Å². The zero-order chi connectivity index (χ0) is 24.9. The minimum absolute atomic E-state index is 0.00193. The van der Waals surface area contributed by atoms with E-state index in [4.69, 9.17) is 19.2 Å². The Hall–Kier alpha value is -4.00. The average molecular weight is 486 g/mol. The van der Waals surface area contributed by atoms with Gasteiger partial charge in [0.1, 0.15) is 23.1 Å². The third-order valence-electron chi connectivity index (χ3n) is 6.48. The summed E-state index contributed by atoms with van der Waals surface area (Å²) in [4.78, 5) is 19.9. The van der Waals surface area contributed by atoms with Crippen molar-refractivity contribution in [2.24, 2.45) is 0 Å². The highest BCUT2D eigenvalue weighted by atomic mass is 16.5. The maximum atomic E-state index is 13.1. The first-order valence-corrected chi connectivity index (χ1v) is 12.4. The molecule has 0 radical (unpaired) electrons. The summed E-state index contributed by atoms with van der Waals surface area (Å²) in [5.74, 6) is 3.40. The van der Waals surface area contributed by atoms with E-state index in [2.05, 4.69) is 10.6 Å². The molecule has 1 saturated heterocycles. The number of imidazole rings is 1. The summed E-state index contributed by atoms with van der Waals surface area (Å²) in [7, 11) is 1.65. The number of amides is 1. The van der Waals surface area contributed by atoms with Crippen molar-refractivity contribution in [3.63, 3.8) is 0 Å². The summed E-state index contributed by atoms with van der Waals surface area (Å²) in [5.41, 5.74) is 2.85. The van der Waals surface area contributed by atoms with Gasteiger partial charge in [-0.15, -0.1) is 0 Å². The number of hydrogen-bond acceptors (Lipinski definition) is 5. The molecule has 0 N–H and O–H groups in total. The minimum atomic E-state index is 0.00193. The fraction of sp³-hybridized carbons (Fsp3) is 0.310. The number of aryl methyl sites for hydroxylation is 1. The second kappa shape index (κ2) is 10.7. The van der Waals surface area contributed by atoms with Gasteiger partial charge in [0.15, 0.2) is 0 Å². The van der Waals surface area contributed by atoms with Crippen molar-refractivity contribution in [1.82, 2.24) is 9.55 Å². The maximum absolute atomic E-state index is 13.1. The van der Waals surface area contributed by atoms with Gasteiger partial charge in [-0.1, -0.05) is 24.3 Å². The molecule has 4 aromatic rings. The SMILES string of the molecule is CCOc1ccccc1N1C[C@H](c2nc3ccccc3n2CCCOc2ccc(OC)cc2)CC1=O. The van der Waals surface area contributed by atoms with E-state index in [0.717, 1.165) is 52.8 Å². The highest BCUT2D eigenvalue weighted by Gasteiger charge is 2.35. The zero-order valence-corrected chi connectivity index (χ0v) is 20.7. The molecule has 1 aliphatic rings. The number of ether oxygens (including phenoxy) is 3. The Morgan fingerprint density at radius 3 is 2.50 bits per heavy atom. The molecule has 0 unspecified atom stereocenters. The van der Waals surface area contributed by atoms with Crippen molar-refractivity contribution in [2.75, 3.05) is 31.8 Å². The number of benzene rings is 3. The number of para-hydroxylation sites is 4. The molecule has 36 heavy (non-hydrogen) atoms. The summed E-state index contributed by atoms with van der Waals surface area (Å²) < 4.78 is 19.2. The fourth-order valence-electron chi connectivity index (χ4n) is 4.80. The first-order chi connectivity index (χ1) is 17.7. The standard InChI is InChI=1S/C29H31N3O4/c1-3-35-27-12-7-6-11-26(27)32-20-21(19-28(32)33)29-30-24-9-4-5-10-25(24)31(29)17-8-18-36-23-15-13-22(34-2)14-16-23/h4-7,9-16,21H,3,8,17-20H2,1-2H3/t21-/m1/s1. The lowest BCUT2D eigenvalue weighted by Gasteiger charge is -2.20. The number of carbonyl (C=O) groups excluding carboxylic acids is 1. The highest BCUT2D eigenvalue weighted by Crippen LogP contribution is 2.37. The molecule has 1 aromatic heterocycles. The molecule has 7 heteroatoms. The van der Waals surface area contributed by atoms with Crippen LogP contribution in [0.3, 0.4) is 0 Å². The molecule has 186 valence electrons. The predicted molar refractivity (Wildman–Crippen MR) is 140 cm³/mol. The average Bonchev–Trinajstić information content (AvgIpc) is 3.48. The largest absolute Gasteiger partial charge is 0.497 e. The summed E-state index contributed by atoms with van der Waals surface area (Å²) in [6.45, 7) is 4.42. The molecule has 0 aliphatic carbocycles. The minimum Gasteiger partial charge on any atom is -0.497 e. The monoisotopic (exact) mass is 485 g/mol. The van der Waals surface area contributed by atoms with Gasteiger partial charge in [-0.25, -0.2) is 4.98 Å². The molecule has 0 bridgehead atoms. The van der Waals surface area contributed by atoms with Crippen molar-refractivity contribution in [1.29, 1.82) is 0 Å². The van der Waals surface area contributed by atoms with Crippen LogP contribution in [-0.2, 0) is 11.3 Å². The van der Waals surface area contributed by atoms with Crippen LogP contribution in [0.15, 0.2) is 72.8 Å². The van der Waals surface area contributed by atoms with Crippen molar-refractivity contribution in [3.8, 4) is 17.2 Å². The summed E-state index contributed by atoms with van der Waals surface area (Å²) in [6.07, 6.45) is 1.24. The Morgan fingerprint density at radius 2 is 1.69 bits per heavy atom. The van der Waals surface area contributed by atoms with E-state index in [1.54, 1.807) is 7.11 Å². The lowest BCUT2D eigenvalue weighted by molar-refractivity contribution is -0.117. The van der Waals surface area contributed by atoms with E-state index in [1.807, 2.05) is 78.6 Å². The number of methoxy groups -OCH3 is 1. The van der Waals surface area contributed by atoms with E-state index in [0.29, 0.717) is 26.2 Å². The lowest BCUT2D eigenvalue weighted by Crippen LogP contribution is -2.25. The first-order valence-electron chi connectivity index (χ1n) is 12.4. The van der Waals surface area contributed by atoms with Gasteiger partial charge in [-0.05, 0) is 61.9 Å². The van der Waals surface area contributed by atoms with Gasteiger partial charge in [0.05, 0.1) is 37.0 Å². The second-order valence-electron chi connectivity index (χ2n) is 8.79. The second-order valence-corrected chi connectivity index (χ2v) is 8.79. The van der Waals surface area contributed by atoms with Gasteiger partial charge in [-0.3, -0.25) is 4.79 Å². The fourth-order valence-corrected chi connectivity index (χ4v) is 4.80. The number of nitrogens with zero attached hydrogens (tertiary/aromatic N) is 3. The topological polar surface area (TPSA) is 65.8 Å². The number of aromatic nitrogens is 2. The van der Waals surface area contributed by atoms with Crippen LogP contribution in [-0.4, -0.2) is 42.3 Å². The molecular formula is C29H31N3O4. The van der Waals surface area contributed by atoms with E-state index in [1.165, 1.54) is 0 Å². The third-order valence-corrected chi connectivity index (χ3v) is 6.48. The molecule has 1 aliphatic heterocycles. The summed E-state index contributed by atoms with van der Waals surface area (Å²) in [5, 5.41) is 0. The van der Waals surface area contributed by atoms with Gasteiger partial charge in [0.25, 0.3) is 0 Å². The predicted octanol–water partition coefficient (Wildman–Crippen LogP) is 5.43. The Labute approximate surface area is 211 Å². The molecule has 1 atom stereocenters. The van der Waals surface area contributed by atoms with Crippen molar-refractivity contribution in [2.45, 2.75) is 32.2 Å². The van der Waals surface area contributed by atoms with Crippen LogP contribution in [0.1, 0.15) is 31.5 Å². The molecule has 2 heterocycles. The van der Waals surface area contributed by atoms with Crippen LogP contribution in [0.2, 0.25) is 0 Å². The van der Waals surface area contributed by atoms with Gasteiger partial charge in [0.2, 0.25) is 5.91 Å². The van der Waals surface area contributed by atoms with Crippen LogP contribution >= 0.6 is 0 Å². The molecule has 1 fully saturated rings. The molecule has 3 aromatic carbocycles. The van der Waals surface area contributed by atoms with E-state index >= 15 is 0 Å². The maximum Gasteiger partial charge on any atom is 0.227 e. The third kappa shape index (κ3) is 4.87. The normalized spacial score (nSPS) is 15.4. The number of carbonyl (C=O) groups is 1. The molecule has 5 rings (SSSR count). The summed E-state index contributed by atoms with van der Waals surface area (Å²) >= 11 is 0. The van der Waals surface area contributed by atoms with Crippen molar-refractivity contribution in [3.05, 3.63) is 78.6 Å². The summed E-state index contributed by atoms with van der Waals surface area (Å²) in [6, 6.07) is 23.5. The van der Waals surface area contributed by atoms with Crippen molar-refractivity contribution < 1.29 is 19.0 Å². The molecule has 7 nitrogen and oxygen atoms in total. The van der Waals surface area contributed by atoms with Crippen molar-refractivity contribution >= 4 is 22.6 Å². The number of fused-ring (bicyclic) bond motifs is 1. The number of hydrogen-bond donors (Lipinski definition) is 0. The molecular weight excluding hydrogens is 454 g/mol. The van der Waals surface area contributed by atoms with Gasteiger partial charge >= 0.3 is 0 Å². The van der Waals surface area contributed by atoms with Crippen LogP contribution in [0.25, 0.3) is 11.0 Å². The Kier molecular flexibility index (Phi) is 7.07. The Morgan fingerprint density at radius 1 is 0.944 bits per heavy atom. The van der Waals surface area contributed by atoms with E-state index in [9.17, 15) is 4.79 Å². The molecule has 0 spiro atoms. The highest BCUT2D eigenvalue weighted by molar-refractivity contribution is 5.97. The van der Waals surface area contributed by atoms with Gasteiger partial charge in [-0.2, -0.15) is 0 Å². The molecule has 1 amide bonds. The van der Waals surface area contributed by atoms with Crippen LogP contribution in [0.4, 0.5) is 5.69 Å². The first kappa shape index (κ1) is 23.7. The zero-order valence-electron chi connectivity index (χ0n) is 20.7. The Bertz CT molecular complexity index is 1330. The van der Waals surface area contributed by atoms with Crippen LogP contribution in [0, 0.1) is 0 Å². The lowest BCUT2D eigenvalue weighted by atomic mass is 10.1. The number of rotatable bonds is 10. The quantitative estimate of drug-likeness (QED) is 0.280. The number of anilines is 1. The smallest absolute Gasteiger partial charge is 0.227 e. The van der Waals surface area contributed by atoms with Crippen LogP contribution < -0.4 is 19.1 Å². The van der Waals surface area contributed by atoms with Gasteiger partial charge in [0, 0.05) is 25.4 Å². The van der Waals surface area contributed by atoms with E-state index in [-0.39, 0.29) is 11.8 Å². The van der Waals surface area contributed by atoms with Crippen LogP contribution in [0.5, 0.6) is 17.2 Å². The van der Waals surface area contributed by atoms with Gasteiger partial charge < -0.3 is 23.7 Å².